The molecule has 0 aromatic carbocycles. The maximum atomic E-state index is 11.5. The van der Waals surface area contributed by atoms with E-state index in [-0.39, 0.29) is 18.6 Å². The summed E-state index contributed by atoms with van der Waals surface area (Å²) in [6.07, 6.45) is 5.96. The highest BCUT2D eigenvalue weighted by molar-refractivity contribution is 5.76. The van der Waals surface area contributed by atoms with Crippen LogP contribution in [0.1, 0.15) is 38.5 Å². The van der Waals surface area contributed by atoms with Crippen molar-refractivity contribution < 1.29 is 14.6 Å². The van der Waals surface area contributed by atoms with Crippen LogP contribution in [0.5, 0.6) is 0 Å². The fourth-order valence-electron chi connectivity index (χ4n) is 2.78. The van der Waals surface area contributed by atoms with Gasteiger partial charge in [0, 0.05) is 13.2 Å². The molecule has 92 valence electrons. The van der Waals surface area contributed by atoms with Gasteiger partial charge in [-0.25, -0.2) is 0 Å². The first-order valence-electron chi connectivity index (χ1n) is 6.24. The molecule has 2 fully saturated rings. The Balaban J connectivity index is 2.03. The van der Waals surface area contributed by atoms with Crippen molar-refractivity contribution in [2.45, 2.75) is 44.6 Å². The second-order valence-corrected chi connectivity index (χ2v) is 5.13. The molecule has 3 N–H and O–H groups in total. The van der Waals surface area contributed by atoms with Gasteiger partial charge < -0.3 is 15.6 Å². The van der Waals surface area contributed by atoms with Crippen molar-refractivity contribution in [2.75, 3.05) is 13.2 Å². The van der Waals surface area contributed by atoms with Crippen molar-refractivity contribution in [1.29, 1.82) is 0 Å². The fraction of sp³-hybridized carbons (Fsp3) is 0.917. The minimum absolute atomic E-state index is 0.106. The van der Waals surface area contributed by atoms with E-state index in [4.69, 9.17) is 10.5 Å². The molecule has 2 unspecified atom stereocenters. The van der Waals surface area contributed by atoms with Gasteiger partial charge in [0.25, 0.3) is 0 Å². The zero-order valence-electron chi connectivity index (χ0n) is 9.65. The quantitative estimate of drug-likeness (QED) is 0.744. The standard InChI is InChI=1S/C12H21NO3/c13-8-12(11(14)15,9-4-5-9)7-10-3-1-2-6-16-10/h9-10H,1-8,13H2,(H,14,15). The lowest BCUT2D eigenvalue weighted by Crippen LogP contribution is -2.44. The minimum Gasteiger partial charge on any atom is -0.481 e. The van der Waals surface area contributed by atoms with Gasteiger partial charge in [-0.05, 0) is 44.4 Å². The molecule has 2 rings (SSSR count). The predicted octanol–water partition coefficient (Wildman–Crippen LogP) is 1.39. The van der Waals surface area contributed by atoms with Crippen LogP contribution in [0.4, 0.5) is 0 Å². The zero-order chi connectivity index (χ0) is 11.6. The molecule has 0 spiro atoms. The van der Waals surface area contributed by atoms with Crippen molar-refractivity contribution in [3.63, 3.8) is 0 Å². The van der Waals surface area contributed by atoms with Crippen LogP contribution in [-0.4, -0.2) is 30.3 Å². The van der Waals surface area contributed by atoms with Crippen LogP contribution in [-0.2, 0) is 9.53 Å². The minimum atomic E-state index is -0.730. The van der Waals surface area contributed by atoms with E-state index in [0.29, 0.717) is 6.42 Å². The third kappa shape index (κ3) is 2.23. The van der Waals surface area contributed by atoms with E-state index < -0.39 is 11.4 Å². The van der Waals surface area contributed by atoms with Crippen LogP contribution < -0.4 is 5.73 Å². The molecular formula is C12H21NO3. The number of rotatable bonds is 5. The van der Waals surface area contributed by atoms with Crippen LogP contribution >= 0.6 is 0 Å². The SMILES string of the molecule is NCC(CC1CCCCO1)(C(=O)O)C1CC1. The molecule has 4 nitrogen and oxygen atoms in total. The molecule has 0 bridgehead atoms. The van der Waals surface area contributed by atoms with Crippen LogP contribution in [0.25, 0.3) is 0 Å². The Labute approximate surface area is 96.2 Å². The van der Waals surface area contributed by atoms with Gasteiger partial charge in [-0.15, -0.1) is 0 Å². The maximum absolute atomic E-state index is 11.5. The molecule has 1 saturated carbocycles. The van der Waals surface area contributed by atoms with E-state index in [1.165, 1.54) is 0 Å². The largest absolute Gasteiger partial charge is 0.481 e. The van der Waals surface area contributed by atoms with Crippen molar-refractivity contribution in [3.05, 3.63) is 0 Å². The maximum Gasteiger partial charge on any atom is 0.311 e. The number of nitrogens with two attached hydrogens (primary N) is 1. The lowest BCUT2D eigenvalue weighted by molar-refractivity contribution is -0.153. The summed E-state index contributed by atoms with van der Waals surface area (Å²) in [5.74, 6) is -0.452. The lowest BCUT2D eigenvalue weighted by atomic mass is 9.76. The Morgan fingerprint density at radius 2 is 2.12 bits per heavy atom. The van der Waals surface area contributed by atoms with E-state index in [1.54, 1.807) is 0 Å². The molecule has 0 radical (unpaired) electrons. The van der Waals surface area contributed by atoms with Gasteiger partial charge in [0.05, 0.1) is 11.5 Å². The summed E-state index contributed by atoms with van der Waals surface area (Å²) in [6.45, 7) is 1.02. The van der Waals surface area contributed by atoms with Gasteiger partial charge in [0.1, 0.15) is 0 Å². The number of hydrogen-bond acceptors (Lipinski definition) is 3. The first kappa shape index (κ1) is 11.9. The van der Waals surface area contributed by atoms with Gasteiger partial charge in [0.15, 0.2) is 0 Å². The van der Waals surface area contributed by atoms with Gasteiger partial charge in [-0.1, -0.05) is 0 Å². The van der Waals surface area contributed by atoms with Crippen molar-refractivity contribution in [2.24, 2.45) is 17.1 Å². The summed E-state index contributed by atoms with van der Waals surface area (Å²) in [5, 5.41) is 9.43. The van der Waals surface area contributed by atoms with Gasteiger partial charge in [-0.2, -0.15) is 0 Å². The fourth-order valence-corrected chi connectivity index (χ4v) is 2.78. The second-order valence-electron chi connectivity index (χ2n) is 5.13. The van der Waals surface area contributed by atoms with E-state index in [2.05, 4.69) is 0 Å². The number of hydrogen-bond donors (Lipinski definition) is 2. The Morgan fingerprint density at radius 3 is 2.56 bits per heavy atom. The molecule has 1 aliphatic carbocycles. The number of carboxylic acid groups (broad SMARTS) is 1. The third-order valence-electron chi connectivity index (χ3n) is 4.01. The van der Waals surface area contributed by atoms with Crippen molar-refractivity contribution >= 4 is 5.97 Å². The first-order valence-corrected chi connectivity index (χ1v) is 6.24. The highest BCUT2D eigenvalue weighted by atomic mass is 16.5. The highest BCUT2D eigenvalue weighted by Crippen LogP contribution is 2.49. The molecule has 0 aromatic heterocycles. The Kier molecular flexibility index (Phi) is 3.50. The smallest absolute Gasteiger partial charge is 0.311 e. The van der Waals surface area contributed by atoms with E-state index in [1.807, 2.05) is 0 Å². The van der Waals surface area contributed by atoms with Crippen LogP contribution in [0.2, 0.25) is 0 Å². The third-order valence-corrected chi connectivity index (χ3v) is 4.01. The molecule has 2 aliphatic rings. The summed E-state index contributed by atoms with van der Waals surface area (Å²) >= 11 is 0. The summed E-state index contributed by atoms with van der Waals surface area (Å²) in [7, 11) is 0. The molecule has 0 aromatic rings. The average molecular weight is 227 g/mol. The van der Waals surface area contributed by atoms with Crippen molar-refractivity contribution in [3.8, 4) is 0 Å². The number of carboxylic acids is 1. The molecule has 1 heterocycles. The summed E-state index contributed by atoms with van der Waals surface area (Å²) in [5.41, 5.74) is 5.01. The molecule has 16 heavy (non-hydrogen) atoms. The normalized spacial score (nSPS) is 29.7. The van der Waals surface area contributed by atoms with Gasteiger partial charge >= 0.3 is 5.97 Å². The van der Waals surface area contributed by atoms with E-state index in [0.717, 1.165) is 38.7 Å². The summed E-state index contributed by atoms with van der Waals surface area (Å²) in [4.78, 5) is 11.5. The first-order chi connectivity index (χ1) is 7.69. The Bertz CT molecular complexity index is 259. The second kappa shape index (κ2) is 4.72. The van der Waals surface area contributed by atoms with Gasteiger partial charge in [0.2, 0.25) is 0 Å². The zero-order valence-corrected chi connectivity index (χ0v) is 9.65. The van der Waals surface area contributed by atoms with Crippen LogP contribution in [0.15, 0.2) is 0 Å². The molecular weight excluding hydrogens is 206 g/mol. The molecule has 1 saturated heterocycles. The molecule has 1 aliphatic heterocycles. The van der Waals surface area contributed by atoms with E-state index >= 15 is 0 Å². The number of carbonyl (C=O) groups is 1. The number of aliphatic carboxylic acids is 1. The monoisotopic (exact) mass is 227 g/mol. The molecule has 4 heteroatoms. The molecule has 0 amide bonds. The molecule has 2 atom stereocenters. The van der Waals surface area contributed by atoms with Crippen LogP contribution in [0, 0.1) is 11.3 Å². The van der Waals surface area contributed by atoms with Gasteiger partial charge in [-0.3, -0.25) is 4.79 Å². The van der Waals surface area contributed by atoms with E-state index in [9.17, 15) is 9.90 Å². The van der Waals surface area contributed by atoms with Crippen molar-refractivity contribution in [1.82, 2.24) is 0 Å². The topological polar surface area (TPSA) is 72.5 Å². The van der Waals surface area contributed by atoms with Crippen LogP contribution in [0.3, 0.4) is 0 Å². The predicted molar refractivity (Wildman–Crippen MR) is 60.1 cm³/mol. The number of ether oxygens (including phenoxy) is 1. The highest BCUT2D eigenvalue weighted by Gasteiger charge is 2.51. The lowest BCUT2D eigenvalue weighted by Gasteiger charge is -2.33. The summed E-state index contributed by atoms with van der Waals surface area (Å²) < 4.78 is 5.64. The average Bonchev–Trinajstić information content (AvgIpc) is 3.11. The Morgan fingerprint density at radius 1 is 1.38 bits per heavy atom. The Hall–Kier alpha value is -0.610. The summed E-state index contributed by atoms with van der Waals surface area (Å²) in [6, 6.07) is 0.